The Kier molecular flexibility index (Phi) is 6.53. The van der Waals surface area contributed by atoms with Crippen molar-refractivity contribution in [2.75, 3.05) is 6.61 Å². The van der Waals surface area contributed by atoms with Gasteiger partial charge in [-0.1, -0.05) is 70.5 Å². The van der Waals surface area contributed by atoms with E-state index in [4.69, 9.17) is 4.74 Å². The SMILES string of the molecule is CCOC(=O)/C(C#N)=C(/C=C/c1ccc(Br)cc1)c1ccccc1. The average molecular weight is 382 g/mol. The van der Waals surface area contributed by atoms with Gasteiger partial charge >= 0.3 is 5.97 Å². The first-order valence-corrected chi connectivity index (χ1v) is 8.25. The molecule has 0 amide bonds. The van der Waals surface area contributed by atoms with Gasteiger partial charge < -0.3 is 4.74 Å². The monoisotopic (exact) mass is 381 g/mol. The zero-order valence-electron chi connectivity index (χ0n) is 13.2. The van der Waals surface area contributed by atoms with Gasteiger partial charge in [-0.3, -0.25) is 0 Å². The van der Waals surface area contributed by atoms with E-state index in [0.717, 1.165) is 15.6 Å². The third-order valence-electron chi connectivity index (χ3n) is 3.26. The van der Waals surface area contributed by atoms with Crippen molar-refractivity contribution >= 4 is 33.5 Å². The molecule has 24 heavy (non-hydrogen) atoms. The topological polar surface area (TPSA) is 50.1 Å². The number of allylic oxidation sites excluding steroid dienone is 2. The molecule has 3 nitrogen and oxygen atoms in total. The number of esters is 1. The molecule has 120 valence electrons. The highest BCUT2D eigenvalue weighted by atomic mass is 79.9. The second-order valence-electron chi connectivity index (χ2n) is 4.87. The summed E-state index contributed by atoms with van der Waals surface area (Å²) in [6.45, 7) is 1.94. The molecule has 0 heterocycles. The number of hydrogen-bond acceptors (Lipinski definition) is 3. The van der Waals surface area contributed by atoms with Crippen LogP contribution in [0, 0.1) is 11.3 Å². The Labute approximate surface area is 150 Å². The van der Waals surface area contributed by atoms with Gasteiger partial charge in [0.2, 0.25) is 0 Å². The molecule has 2 aromatic rings. The Morgan fingerprint density at radius 3 is 2.42 bits per heavy atom. The summed E-state index contributed by atoms with van der Waals surface area (Å²) in [4.78, 5) is 12.1. The Bertz CT molecular complexity index is 800. The first-order valence-electron chi connectivity index (χ1n) is 7.46. The lowest BCUT2D eigenvalue weighted by Crippen LogP contribution is -2.08. The Balaban J connectivity index is 2.49. The maximum absolute atomic E-state index is 12.1. The van der Waals surface area contributed by atoms with Crippen molar-refractivity contribution in [3.63, 3.8) is 0 Å². The molecular formula is C20H16BrNO2. The van der Waals surface area contributed by atoms with E-state index in [9.17, 15) is 10.1 Å². The Morgan fingerprint density at radius 1 is 1.17 bits per heavy atom. The third kappa shape index (κ3) is 4.68. The van der Waals surface area contributed by atoms with E-state index in [1.165, 1.54) is 0 Å². The lowest BCUT2D eigenvalue weighted by atomic mass is 9.99. The highest BCUT2D eigenvalue weighted by Crippen LogP contribution is 2.23. The lowest BCUT2D eigenvalue weighted by molar-refractivity contribution is -0.137. The van der Waals surface area contributed by atoms with Crippen molar-refractivity contribution in [1.29, 1.82) is 5.26 Å². The number of nitriles is 1. The van der Waals surface area contributed by atoms with Crippen LogP contribution in [-0.4, -0.2) is 12.6 Å². The Hall–Kier alpha value is -2.64. The second kappa shape index (κ2) is 8.85. The Morgan fingerprint density at radius 2 is 1.83 bits per heavy atom. The molecule has 0 spiro atoms. The molecule has 0 saturated heterocycles. The molecule has 0 saturated carbocycles. The smallest absolute Gasteiger partial charge is 0.349 e. The van der Waals surface area contributed by atoms with Crippen molar-refractivity contribution < 1.29 is 9.53 Å². The minimum absolute atomic E-state index is 0.00332. The largest absolute Gasteiger partial charge is 0.462 e. The number of hydrogen-bond donors (Lipinski definition) is 0. The molecule has 0 aromatic heterocycles. The molecule has 0 unspecified atom stereocenters. The number of benzene rings is 2. The zero-order valence-corrected chi connectivity index (χ0v) is 14.8. The van der Waals surface area contributed by atoms with Gasteiger partial charge in [-0.25, -0.2) is 4.79 Å². The van der Waals surface area contributed by atoms with E-state index >= 15 is 0 Å². The molecule has 4 heteroatoms. The van der Waals surface area contributed by atoms with Crippen LogP contribution in [0.25, 0.3) is 11.6 Å². The van der Waals surface area contributed by atoms with Crippen molar-refractivity contribution in [2.45, 2.75) is 6.92 Å². The average Bonchev–Trinajstić information content (AvgIpc) is 2.61. The van der Waals surface area contributed by atoms with E-state index < -0.39 is 5.97 Å². The summed E-state index contributed by atoms with van der Waals surface area (Å²) in [5.74, 6) is -0.612. The van der Waals surface area contributed by atoms with Gasteiger partial charge in [0.05, 0.1) is 6.61 Å². The standard InChI is InChI=1S/C20H16BrNO2/c1-2-24-20(23)19(14-22)18(16-6-4-3-5-7-16)13-10-15-8-11-17(21)12-9-15/h3-13H,2H2,1H3/b13-10+,19-18-. The summed E-state index contributed by atoms with van der Waals surface area (Å²) in [5, 5.41) is 9.44. The van der Waals surface area contributed by atoms with Crippen LogP contribution >= 0.6 is 15.9 Å². The van der Waals surface area contributed by atoms with Gasteiger partial charge in [0.15, 0.2) is 0 Å². The summed E-state index contributed by atoms with van der Waals surface area (Å²) in [5.41, 5.74) is 2.29. The van der Waals surface area contributed by atoms with Crippen LogP contribution in [0.2, 0.25) is 0 Å². The summed E-state index contributed by atoms with van der Waals surface area (Å²) in [6.07, 6.45) is 3.64. The predicted octanol–water partition coefficient (Wildman–Crippen LogP) is 5.00. The fourth-order valence-electron chi connectivity index (χ4n) is 2.11. The number of carbonyl (C=O) groups excluding carboxylic acids is 1. The van der Waals surface area contributed by atoms with Crippen LogP contribution in [0.3, 0.4) is 0 Å². The first kappa shape index (κ1) is 17.7. The highest BCUT2D eigenvalue weighted by molar-refractivity contribution is 9.10. The molecule has 2 rings (SSSR count). The van der Waals surface area contributed by atoms with Crippen LogP contribution in [0.4, 0.5) is 0 Å². The van der Waals surface area contributed by atoms with Crippen molar-refractivity contribution in [3.8, 4) is 6.07 Å². The maximum atomic E-state index is 12.1. The predicted molar refractivity (Wildman–Crippen MR) is 98.8 cm³/mol. The number of rotatable bonds is 5. The highest BCUT2D eigenvalue weighted by Gasteiger charge is 2.16. The minimum atomic E-state index is -0.612. The molecule has 0 aliphatic rings. The number of nitrogens with zero attached hydrogens (tertiary/aromatic N) is 1. The van der Waals surface area contributed by atoms with Gasteiger partial charge in [-0.05, 0) is 30.2 Å². The lowest BCUT2D eigenvalue weighted by Gasteiger charge is -2.07. The quantitative estimate of drug-likeness (QED) is 0.316. The molecule has 0 bridgehead atoms. The third-order valence-corrected chi connectivity index (χ3v) is 3.79. The van der Waals surface area contributed by atoms with E-state index in [2.05, 4.69) is 15.9 Å². The molecule has 0 N–H and O–H groups in total. The molecule has 0 aliphatic heterocycles. The van der Waals surface area contributed by atoms with Crippen molar-refractivity contribution in [2.24, 2.45) is 0 Å². The molecule has 2 aromatic carbocycles. The molecule has 0 fully saturated rings. The molecule has 0 radical (unpaired) electrons. The number of carbonyl (C=O) groups is 1. The fraction of sp³-hybridized carbons (Fsp3) is 0.100. The summed E-state index contributed by atoms with van der Waals surface area (Å²) in [7, 11) is 0. The van der Waals surface area contributed by atoms with Crippen LogP contribution in [-0.2, 0) is 9.53 Å². The van der Waals surface area contributed by atoms with E-state index in [-0.39, 0.29) is 12.2 Å². The minimum Gasteiger partial charge on any atom is -0.462 e. The van der Waals surface area contributed by atoms with Gasteiger partial charge in [0, 0.05) is 10.0 Å². The summed E-state index contributed by atoms with van der Waals surface area (Å²) >= 11 is 3.40. The van der Waals surface area contributed by atoms with Gasteiger partial charge in [-0.15, -0.1) is 0 Å². The normalized spacial score (nSPS) is 11.7. The number of ether oxygens (including phenoxy) is 1. The second-order valence-corrected chi connectivity index (χ2v) is 5.79. The first-order chi connectivity index (χ1) is 11.7. The van der Waals surface area contributed by atoms with Crippen LogP contribution < -0.4 is 0 Å². The van der Waals surface area contributed by atoms with Crippen LogP contribution in [0.5, 0.6) is 0 Å². The van der Waals surface area contributed by atoms with Gasteiger partial charge in [-0.2, -0.15) is 5.26 Å². The van der Waals surface area contributed by atoms with E-state index in [0.29, 0.717) is 5.57 Å². The zero-order chi connectivity index (χ0) is 17.4. The molecule has 0 aliphatic carbocycles. The summed E-state index contributed by atoms with van der Waals surface area (Å²) in [6, 6.07) is 19.1. The molecule has 0 atom stereocenters. The molecular weight excluding hydrogens is 366 g/mol. The van der Waals surface area contributed by atoms with E-state index in [1.54, 1.807) is 13.0 Å². The van der Waals surface area contributed by atoms with Crippen LogP contribution in [0.1, 0.15) is 18.1 Å². The number of halogens is 1. The van der Waals surface area contributed by atoms with Gasteiger partial charge in [0.25, 0.3) is 0 Å². The van der Waals surface area contributed by atoms with Crippen molar-refractivity contribution in [1.82, 2.24) is 0 Å². The van der Waals surface area contributed by atoms with E-state index in [1.807, 2.05) is 66.7 Å². The fourth-order valence-corrected chi connectivity index (χ4v) is 2.38. The maximum Gasteiger partial charge on any atom is 0.349 e. The van der Waals surface area contributed by atoms with Gasteiger partial charge in [0.1, 0.15) is 11.6 Å². The van der Waals surface area contributed by atoms with Crippen molar-refractivity contribution in [3.05, 3.63) is 81.8 Å². The van der Waals surface area contributed by atoms with Crippen LogP contribution in [0.15, 0.2) is 70.7 Å². The summed E-state index contributed by atoms with van der Waals surface area (Å²) < 4.78 is 5.99.